The molecule has 4 heteroatoms. The number of nitriles is 1. The zero-order valence-electron chi connectivity index (χ0n) is 9.82. The summed E-state index contributed by atoms with van der Waals surface area (Å²) >= 11 is 5.88. The van der Waals surface area contributed by atoms with Crippen molar-refractivity contribution in [3.63, 3.8) is 0 Å². The van der Waals surface area contributed by atoms with Crippen LogP contribution in [0, 0.1) is 11.3 Å². The first-order valence-electron chi connectivity index (χ1n) is 5.73. The molecule has 17 heavy (non-hydrogen) atoms. The Hall–Kier alpha value is -1.24. The van der Waals surface area contributed by atoms with E-state index in [-0.39, 0.29) is 0 Å². The molecule has 3 nitrogen and oxygen atoms in total. The SMILES string of the molecule is CN(CCOc1cc(Cl)ccc1C#N)C1CC1. The molecule has 0 saturated heterocycles. The molecule has 90 valence electrons. The van der Waals surface area contributed by atoms with E-state index in [1.54, 1.807) is 18.2 Å². The summed E-state index contributed by atoms with van der Waals surface area (Å²) in [4.78, 5) is 2.29. The first-order chi connectivity index (χ1) is 8.20. The lowest BCUT2D eigenvalue weighted by Crippen LogP contribution is -2.26. The maximum absolute atomic E-state index is 8.93. The smallest absolute Gasteiger partial charge is 0.138 e. The molecule has 1 aliphatic carbocycles. The second-order valence-corrected chi connectivity index (χ2v) is 4.75. The van der Waals surface area contributed by atoms with Gasteiger partial charge in [-0.3, -0.25) is 0 Å². The van der Waals surface area contributed by atoms with Crippen LogP contribution in [0.3, 0.4) is 0 Å². The predicted octanol–water partition coefficient (Wildman–Crippen LogP) is 2.68. The Morgan fingerprint density at radius 2 is 2.29 bits per heavy atom. The van der Waals surface area contributed by atoms with Crippen LogP contribution in [0.15, 0.2) is 18.2 Å². The van der Waals surface area contributed by atoms with Gasteiger partial charge in [0.25, 0.3) is 0 Å². The summed E-state index contributed by atoms with van der Waals surface area (Å²) < 4.78 is 5.61. The summed E-state index contributed by atoms with van der Waals surface area (Å²) in [6.45, 7) is 1.46. The normalized spacial score (nSPS) is 14.7. The van der Waals surface area contributed by atoms with E-state index < -0.39 is 0 Å². The Morgan fingerprint density at radius 1 is 1.53 bits per heavy atom. The molecular weight excluding hydrogens is 236 g/mol. The van der Waals surface area contributed by atoms with Crippen LogP contribution < -0.4 is 4.74 Å². The van der Waals surface area contributed by atoms with E-state index in [0.29, 0.717) is 22.9 Å². The monoisotopic (exact) mass is 250 g/mol. The average molecular weight is 251 g/mol. The summed E-state index contributed by atoms with van der Waals surface area (Å²) in [7, 11) is 2.10. The maximum atomic E-state index is 8.93. The van der Waals surface area contributed by atoms with Gasteiger partial charge in [-0.05, 0) is 32.0 Å². The Labute approximate surface area is 107 Å². The van der Waals surface area contributed by atoms with Crippen LogP contribution >= 0.6 is 11.6 Å². The number of halogens is 1. The molecular formula is C13H15ClN2O. The molecule has 0 aromatic heterocycles. The minimum absolute atomic E-state index is 0.531. The van der Waals surface area contributed by atoms with Gasteiger partial charge in [-0.15, -0.1) is 0 Å². The van der Waals surface area contributed by atoms with E-state index in [2.05, 4.69) is 18.0 Å². The van der Waals surface area contributed by atoms with Crippen molar-refractivity contribution in [1.82, 2.24) is 4.90 Å². The Morgan fingerprint density at radius 3 is 2.94 bits per heavy atom. The number of benzene rings is 1. The van der Waals surface area contributed by atoms with Gasteiger partial charge in [0.2, 0.25) is 0 Å². The summed E-state index contributed by atoms with van der Waals surface area (Å²) in [6, 6.07) is 7.90. The van der Waals surface area contributed by atoms with E-state index in [1.807, 2.05) is 0 Å². The van der Waals surface area contributed by atoms with Crippen LogP contribution in [-0.4, -0.2) is 31.1 Å². The lowest BCUT2D eigenvalue weighted by Gasteiger charge is -2.16. The van der Waals surface area contributed by atoms with E-state index >= 15 is 0 Å². The highest BCUT2D eigenvalue weighted by Crippen LogP contribution is 2.25. The van der Waals surface area contributed by atoms with Crippen molar-refractivity contribution in [3.05, 3.63) is 28.8 Å². The van der Waals surface area contributed by atoms with Gasteiger partial charge >= 0.3 is 0 Å². The molecule has 0 amide bonds. The van der Waals surface area contributed by atoms with Gasteiger partial charge in [0.1, 0.15) is 18.4 Å². The van der Waals surface area contributed by atoms with Gasteiger partial charge < -0.3 is 9.64 Å². The molecule has 1 saturated carbocycles. The van der Waals surface area contributed by atoms with Crippen molar-refractivity contribution in [2.45, 2.75) is 18.9 Å². The molecule has 0 N–H and O–H groups in total. The quantitative estimate of drug-likeness (QED) is 0.806. The molecule has 1 aliphatic rings. The lowest BCUT2D eigenvalue weighted by atomic mass is 10.2. The Bertz CT molecular complexity index is 438. The molecule has 0 unspecified atom stereocenters. The topological polar surface area (TPSA) is 36.3 Å². The van der Waals surface area contributed by atoms with Crippen molar-refractivity contribution in [1.29, 1.82) is 5.26 Å². The molecule has 0 heterocycles. The molecule has 1 aromatic rings. The Kier molecular flexibility index (Phi) is 3.88. The predicted molar refractivity (Wildman–Crippen MR) is 67.3 cm³/mol. The molecule has 0 radical (unpaired) electrons. The van der Waals surface area contributed by atoms with Crippen LogP contribution in [-0.2, 0) is 0 Å². The second-order valence-electron chi connectivity index (χ2n) is 4.31. The van der Waals surface area contributed by atoms with E-state index in [1.165, 1.54) is 12.8 Å². The minimum atomic E-state index is 0.531. The number of hydrogen-bond acceptors (Lipinski definition) is 3. The van der Waals surface area contributed by atoms with Crippen LogP contribution in [0.5, 0.6) is 5.75 Å². The number of rotatable bonds is 5. The van der Waals surface area contributed by atoms with Crippen LogP contribution in [0.25, 0.3) is 0 Å². The van der Waals surface area contributed by atoms with E-state index in [0.717, 1.165) is 12.6 Å². The Balaban J connectivity index is 1.89. The third-order valence-corrected chi connectivity index (χ3v) is 3.17. The number of likely N-dealkylation sites (N-methyl/N-ethyl adjacent to an activating group) is 1. The maximum Gasteiger partial charge on any atom is 0.138 e. The van der Waals surface area contributed by atoms with Gasteiger partial charge in [0, 0.05) is 23.7 Å². The third-order valence-electron chi connectivity index (χ3n) is 2.94. The van der Waals surface area contributed by atoms with Crippen molar-refractivity contribution in [2.24, 2.45) is 0 Å². The molecule has 2 rings (SSSR count). The van der Waals surface area contributed by atoms with Crippen LogP contribution in [0.4, 0.5) is 0 Å². The van der Waals surface area contributed by atoms with Gasteiger partial charge in [-0.2, -0.15) is 5.26 Å². The molecule has 1 aromatic carbocycles. The van der Waals surface area contributed by atoms with Crippen LogP contribution in [0.1, 0.15) is 18.4 Å². The molecule has 0 spiro atoms. The summed E-state index contributed by atoms with van der Waals surface area (Å²) in [5, 5.41) is 9.52. The van der Waals surface area contributed by atoms with E-state index in [9.17, 15) is 0 Å². The van der Waals surface area contributed by atoms with Gasteiger partial charge in [-0.1, -0.05) is 11.6 Å². The summed E-state index contributed by atoms with van der Waals surface area (Å²) in [6.07, 6.45) is 2.58. The third kappa shape index (κ3) is 3.36. The first-order valence-corrected chi connectivity index (χ1v) is 6.11. The van der Waals surface area contributed by atoms with Crippen molar-refractivity contribution in [3.8, 4) is 11.8 Å². The first kappa shape index (κ1) is 12.2. The zero-order chi connectivity index (χ0) is 12.3. The molecule has 0 bridgehead atoms. The van der Waals surface area contributed by atoms with E-state index in [4.69, 9.17) is 21.6 Å². The highest BCUT2D eigenvalue weighted by atomic mass is 35.5. The summed E-state index contributed by atoms with van der Waals surface area (Å²) in [5.41, 5.74) is 0.531. The fourth-order valence-electron chi connectivity index (χ4n) is 1.71. The lowest BCUT2D eigenvalue weighted by molar-refractivity contribution is 0.231. The fraction of sp³-hybridized carbons (Fsp3) is 0.462. The number of nitrogens with zero attached hydrogens (tertiary/aromatic N) is 2. The largest absolute Gasteiger partial charge is 0.491 e. The van der Waals surface area contributed by atoms with Crippen LogP contribution in [0.2, 0.25) is 5.02 Å². The standard InChI is InChI=1S/C13H15ClN2O/c1-16(12-4-5-12)6-7-17-13-8-11(14)3-2-10(13)9-15/h2-3,8,12H,4-7H2,1H3. The zero-order valence-corrected chi connectivity index (χ0v) is 10.6. The van der Waals surface area contributed by atoms with Gasteiger partial charge in [0.15, 0.2) is 0 Å². The van der Waals surface area contributed by atoms with Gasteiger partial charge in [0.05, 0.1) is 5.56 Å². The number of hydrogen-bond donors (Lipinski definition) is 0. The second kappa shape index (κ2) is 5.39. The number of ether oxygens (including phenoxy) is 1. The molecule has 1 fully saturated rings. The molecule has 0 atom stereocenters. The van der Waals surface area contributed by atoms with Crippen molar-refractivity contribution in [2.75, 3.05) is 20.2 Å². The van der Waals surface area contributed by atoms with Crippen molar-refractivity contribution >= 4 is 11.6 Å². The summed E-state index contributed by atoms with van der Waals surface area (Å²) in [5.74, 6) is 0.573. The van der Waals surface area contributed by atoms with Gasteiger partial charge in [-0.25, -0.2) is 0 Å². The highest BCUT2D eigenvalue weighted by Gasteiger charge is 2.25. The average Bonchev–Trinajstić information content (AvgIpc) is 3.13. The highest BCUT2D eigenvalue weighted by molar-refractivity contribution is 6.30. The molecule has 0 aliphatic heterocycles. The van der Waals surface area contributed by atoms with Crippen molar-refractivity contribution < 1.29 is 4.74 Å². The fourth-order valence-corrected chi connectivity index (χ4v) is 1.87. The minimum Gasteiger partial charge on any atom is -0.491 e.